The van der Waals surface area contributed by atoms with Gasteiger partial charge in [0.1, 0.15) is 17.3 Å². The predicted molar refractivity (Wildman–Crippen MR) is 96.5 cm³/mol. The van der Waals surface area contributed by atoms with E-state index in [1.165, 1.54) is 17.0 Å². The Morgan fingerprint density at radius 3 is 2.80 bits per heavy atom. The van der Waals surface area contributed by atoms with Gasteiger partial charge in [-0.25, -0.2) is 0 Å². The van der Waals surface area contributed by atoms with E-state index in [9.17, 15) is 0 Å². The first-order valence-corrected chi connectivity index (χ1v) is 8.77. The zero-order valence-electron chi connectivity index (χ0n) is 14.7. The normalized spacial score (nSPS) is 14.5. The first-order valence-electron chi connectivity index (χ1n) is 8.77. The summed E-state index contributed by atoms with van der Waals surface area (Å²) in [6.07, 6.45) is 2.00. The van der Waals surface area contributed by atoms with Crippen LogP contribution < -0.4 is 4.74 Å². The summed E-state index contributed by atoms with van der Waals surface area (Å²) in [7, 11) is 1.67. The Balaban J connectivity index is 1.46. The number of H-pyrrole nitrogens is 1. The average Bonchev–Trinajstić information content (AvgIpc) is 3.28. The van der Waals surface area contributed by atoms with Crippen LogP contribution in [0.5, 0.6) is 5.75 Å². The van der Waals surface area contributed by atoms with Crippen molar-refractivity contribution in [2.75, 3.05) is 13.7 Å². The molecule has 4 rings (SSSR count). The first kappa shape index (κ1) is 16.0. The summed E-state index contributed by atoms with van der Waals surface area (Å²) in [6.45, 7) is 4.94. The summed E-state index contributed by atoms with van der Waals surface area (Å²) in [5, 5.41) is 7.62. The van der Waals surface area contributed by atoms with E-state index in [4.69, 9.17) is 9.15 Å². The molecular weight excluding hydrogens is 314 g/mol. The molecule has 25 heavy (non-hydrogen) atoms. The maximum atomic E-state index is 6.07. The van der Waals surface area contributed by atoms with E-state index in [-0.39, 0.29) is 0 Å². The number of aromatic amines is 1. The highest BCUT2D eigenvalue weighted by atomic mass is 16.5. The Morgan fingerprint density at radius 1 is 1.20 bits per heavy atom. The van der Waals surface area contributed by atoms with E-state index in [1.54, 1.807) is 7.11 Å². The Morgan fingerprint density at radius 2 is 2.04 bits per heavy atom. The molecule has 0 spiro atoms. The molecule has 0 saturated heterocycles. The number of nitrogens with zero attached hydrogens (tertiary/aromatic N) is 2. The molecule has 5 nitrogen and oxygen atoms in total. The quantitative estimate of drug-likeness (QED) is 0.769. The monoisotopic (exact) mass is 337 g/mol. The lowest BCUT2D eigenvalue weighted by Gasteiger charge is -2.26. The van der Waals surface area contributed by atoms with Gasteiger partial charge in [-0.2, -0.15) is 5.10 Å². The van der Waals surface area contributed by atoms with E-state index in [0.29, 0.717) is 0 Å². The minimum Gasteiger partial charge on any atom is -0.497 e. The molecule has 5 heteroatoms. The number of hydrogen-bond acceptors (Lipinski definition) is 4. The fourth-order valence-corrected chi connectivity index (χ4v) is 3.43. The third kappa shape index (κ3) is 3.20. The Labute approximate surface area is 147 Å². The summed E-state index contributed by atoms with van der Waals surface area (Å²) >= 11 is 0. The van der Waals surface area contributed by atoms with E-state index in [1.807, 2.05) is 30.3 Å². The Bertz CT molecular complexity index is 835. The molecule has 0 bridgehead atoms. The molecule has 1 aromatic carbocycles. The largest absolute Gasteiger partial charge is 0.497 e. The number of hydrogen-bond donors (Lipinski definition) is 1. The molecular formula is C20H23N3O2. The second kappa shape index (κ2) is 6.76. The van der Waals surface area contributed by atoms with Crippen molar-refractivity contribution >= 4 is 0 Å². The van der Waals surface area contributed by atoms with Gasteiger partial charge in [0.2, 0.25) is 0 Å². The molecule has 3 aromatic rings. The number of fused-ring (bicyclic) bond motifs is 1. The SMILES string of the molecule is CCc1n[nH]c2c1CN(Cc1ccc(-c3ccc(OC)cc3)o1)CC2. The summed E-state index contributed by atoms with van der Waals surface area (Å²) < 4.78 is 11.3. The van der Waals surface area contributed by atoms with Gasteiger partial charge >= 0.3 is 0 Å². The molecule has 130 valence electrons. The van der Waals surface area contributed by atoms with E-state index < -0.39 is 0 Å². The minimum atomic E-state index is 0.823. The molecule has 1 aliphatic rings. The molecule has 0 atom stereocenters. The van der Waals surface area contributed by atoms with Crippen LogP contribution in [0.2, 0.25) is 0 Å². The van der Waals surface area contributed by atoms with Gasteiger partial charge in [-0.1, -0.05) is 6.92 Å². The van der Waals surface area contributed by atoms with Crippen molar-refractivity contribution < 1.29 is 9.15 Å². The smallest absolute Gasteiger partial charge is 0.134 e. The predicted octanol–water partition coefficient (Wildman–Crippen LogP) is 3.80. The number of nitrogens with one attached hydrogen (secondary N) is 1. The lowest BCUT2D eigenvalue weighted by Crippen LogP contribution is -2.30. The van der Waals surface area contributed by atoms with Crippen molar-refractivity contribution in [3.05, 3.63) is 59.1 Å². The molecule has 0 aliphatic carbocycles. The molecule has 0 amide bonds. The molecule has 1 N–H and O–H groups in total. The molecule has 3 heterocycles. The second-order valence-electron chi connectivity index (χ2n) is 6.44. The third-order valence-electron chi connectivity index (χ3n) is 4.85. The molecule has 0 saturated carbocycles. The third-order valence-corrected chi connectivity index (χ3v) is 4.85. The lowest BCUT2D eigenvalue weighted by atomic mass is 10.0. The van der Waals surface area contributed by atoms with E-state index in [0.717, 1.165) is 55.3 Å². The van der Waals surface area contributed by atoms with Crippen molar-refractivity contribution in [2.24, 2.45) is 0 Å². The number of aryl methyl sites for hydroxylation is 1. The van der Waals surface area contributed by atoms with Crippen molar-refractivity contribution in [2.45, 2.75) is 32.9 Å². The van der Waals surface area contributed by atoms with Crippen LogP contribution in [0.25, 0.3) is 11.3 Å². The zero-order valence-corrected chi connectivity index (χ0v) is 14.7. The fraction of sp³-hybridized carbons (Fsp3) is 0.350. The lowest BCUT2D eigenvalue weighted by molar-refractivity contribution is 0.225. The standard InChI is InChI=1S/C20H23N3O2/c1-3-18-17-13-23(11-10-19(17)22-21-18)12-16-8-9-20(25-16)14-4-6-15(24-2)7-5-14/h4-9H,3,10-13H2,1-2H3,(H,21,22). The van der Waals surface area contributed by atoms with Crippen molar-refractivity contribution in [1.29, 1.82) is 0 Å². The fourth-order valence-electron chi connectivity index (χ4n) is 3.43. The van der Waals surface area contributed by atoms with Crippen LogP contribution in [0.15, 0.2) is 40.8 Å². The second-order valence-corrected chi connectivity index (χ2v) is 6.44. The van der Waals surface area contributed by atoms with Crippen LogP contribution in [0.4, 0.5) is 0 Å². The number of aromatic nitrogens is 2. The number of furan rings is 1. The molecule has 0 unspecified atom stereocenters. The average molecular weight is 337 g/mol. The molecule has 2 aromatic heterocycles. The van der Waals surface area contributed by atoms with Crippen LogP contribution >= 0.6 is 0 Å². The van der Waals surface area contributed by atoms with Gasteiger partial charge in [0.15, 0.2) is 0 Å². The highest BCUT2D eigenvalue weighted by Gasteiger charge is 2.22. The first-order chi connectivity index (χ1) is 12.3. The van der Waals surface area contributed by atoms with Crippen LogP contribution in [0, 0.1) is 0 Å². The maximum absolute atomic E-state index is 6.07. The topological polar surface area (TPSA) is 54.3 Å². The van der Waals surface area contributed by atoms with Gasteiger partial charge in [0.25, 0.3) is 0 Å². The number of rotatable bonds is 5. The van der Waals surface area contributed by atoms with Crippen LogP contribution in [-0.4, -0.2) is 28.8 Å². The summed E-state index contributed by atoms with van der Waals surface area (Å²) in [4.78, 5) is 2.42. The van der Waals surface area contributed by atoms with Crippen molar-refractivity contribution in [3.8, 4) is 17.1 Å². The molecule has 0 fully saturated rings. The van der Waals surface area contributed by atoms with Crippen LogP contribution in [-0.2, 0) is 25.9 Å². The zero-order chi connectivity index (χ0) is 17.2. The van der Waals surface area contributed by atoms with Crippen LogP contribution in [0.3, 0.4) is 0 Å². The Hall–Kier alpha value is -2.53. The van der Waals surface area contributed by atoms with Gasteiger partial charge in [-0.05, 0) is 42.8 Å². The van der Waals surface area contributed by atoms with Gasteiger partial charge < -0.3 is 9.15 Å². The van der Waals surface area contributed by atoms with Crippen molar-refractivity contribution in [3.63, 3.8) is 0 Å². The summed E-state index contributed by atoms with van der Waals surface area (Å²) in [6, 6.07) is 12.1. The molecule has 1 aliphatic heterocycles. The van der Waals surface area contributed by atoms with Crippen molar-refractivity contribution in [1.82, 2.24) is 15.1 Å². The van der Waals surface area contributed by atoms with Gasteiger partial charge in [0, 0.05) is 36.3 Å². The maximum Gasteiger partial charge on any atom is 0.134 e. The van der Waals surface area contributed by atoms with E-state index in [2.05, 4.69) is 28.1 Å². The minimum absolute atomic E-state index is 0.823. The van der Waals surface area contributed by atoms with Gasteiger partial charge in [0.05, 0.1) is 19.3 Å². The molecule has 0 radical (unpaired) electrons. The Kier molecular flexibility index (Phi) is 4.32. The van der Waals surface area contributed by atoms with Gasteiger partial charge in [-0.3, -0.25) is 10.00 Å². The van der Waals surface area contributed by atoms with Crippen LogP contribution in [0.1, 0.15) is 29.6 Å². The summed E-state index contributed by atoms with van der Waals surface area (Å²) in [5.41, 5.74) is 4.93. The summed E-state index contributed by atoms with van der Waals surface area (Å²) in [5.74, 6) is 2.75. The number of benzene rings is 1. The highest BCUT2D eigenvalue weighted by molar-refractivity contribution is 5.58. The van der Waals surface area contributed by atoms with Gasteiger partial charge in [-0.15, -0.1) is 0 Å². The highest BCUT2D eigenvalue weighted by Crippen LogP contribution is 2.27. The van der Waals surface area contributed by atoms with E-state index >= 15 is 0 Å². The number of ether oxygens (including phenoxy) is 1. The number of methoxy groups -OCH3 is 1.